The Balaban J connectivity index is 2.16. The SMILES string of the molecule is NC(=S)c1nccnc1NCc1ccccc1F. The van der Waals surface area contributed by atoms with Gasteiger partial charge in [0, 0.05) is 24.5 Å². The first kappa shape index (κ1) is 12.4. The van der Waals surface area contributed by atoms with E-state index in [2.05, 4.69) is 15.3 Å². The number of hydrogen-bond acceptors (Lipinski definition) is 4. The highest BCUT2D eigenvalue weighted by atomic mass is 32.1. The Kier molecular flexibility index (Phi) is 3.78. The molecule has 18 heavy (non-hydrogen) atoms. The average molecular weight is 262 g/mol. The molecular weight excluding hydrogens is 251 g/mol. The molecule has 0 aliphatic carbocycles. The molecule has 1 aromatic carbocycles. The Morgan fingerprint density at radius 3 is 2.72 bits per heavy atom. The summed E-state index contributed by atoms with van der Waals surface area (Å²) in [6.45, 7) is 0.293. The molecule has 0 amide bonds. The zero-order valence-corrected chi connectivity index (χ0v) is 10.2. The number of nitrogens with one attached hydrogen (secondary N) is 1. The normalized spacial score (nSPS) is 10.1. The number of nitrogens with zero attached hydrogens (tertiary/aromatic N) is 2. The van der Waals surface area contributed by atoms with Gasteiger partial charge >= 0.3 is 0 Å². The largest absolute Gasteiger partial charge is 0.388 e. The smallest absolute Gasteiger partial charge is 0.155 e. The minimum absolute atomic E-state index is 0.152. The van der Waals surface area contributed by atoms with Crippen LogP contribution in [-0.2, 0) is 6.54 Å². The summed E-state index contributed by atoms with van der Waals surface area (Å²) >= 11 is 4.87. The van der Waals surface area contributed by atoms with Gasteiger partial charge < -0.3 is 11.1 Å². The van der Waals surface area contributed by atoms with Crippen LogP contribution in [-0.4, -0.2) is 15.0 Å². The summed E-state index contributed by atoms with van der Waals surface area (Å²) < 4.78 is 13.4. The lowest BCUT2D eigenvalue weighted by Crippen LogP contribution is -2.16. The van der Waals surface area contributed by atoms with Crippen molar-refractivity contribution in [2.45, 2.75) is 6.54 Å². The third-order valence-electron chi connectivity index (χ3n) is 2.34. The van der Waals surface area contributed by atoms with E-state index >= 15 is 0 Å². The first-order valence-corrected chi connectivity index (χ1v) is 5.67. The maximum Gasteiger partial charge on any atom is 0.155 e. The number of aromatic nitrogens is 2. The van der Waals surface area contributed by atoms with Gasteiger partial charge in [0.2, 0.25) is 0 Å². The zero-order valence-electron chi connectivity index (χ0n) is 9.43. The molecule has 0 saturated carbocycles. The van der Waals surface area contributed by atoms with Crippen LogP contribution in [0.1, 0.15) is 11.3 Å². The molecule has 4 nitrogen and oxygen atoms in total. The van der Waals surface area contributed by atoms with Crippen LogP contribution < -0.4 is 11.1 Å². The van der Waals surface area contributed by atoms with E-state index in [9.17, 15) is 4.39 Å². The molecule has 0 unspecified atom stereocenters. The quantitative estimate of drug-likeness (QED) is 0.823. The predicted molar refractivity (Wildman–Crippen MR) is 71.6 cm³/mol. The molecule has 0 bridgehead atoms. The van der Waals surface area contributed by atoms with E-state index in [0.717, 1.165) is 0 Å². The molecule has 2 aromatic rings. The van der Waals surface area contributed by atoms with Crippen molar-refractivity contribution in [1.82, 2.24) is 9.97 Å². The molecule has 0 aliphatic heterocycles. The Morgan fingerprint density at radius 2 is 2.00 bits per heavy atom. The van der Waals surface area contributed by atoms with Gasteiger partial charge in [0.1, 0.15) is 16.5 Å². The standard InChI is InChI=1S/C12H11FN4S/c13-9-4-2-1-3-8(9)7-17-12-10(11(14)18)15-5-6-16-12/h1-6H,7H2,(H2,14,18)(H,16,17). The fraction of sp³-hybridized carbons (Fsp3) is 0.0833. The maximum absolute atomic E-state index is 13.4. The maximum atomic E-state index is 13.4. The molecule has 0 spiro atoms. The van der Waals surface area contributed by atoms with Gasteiger partial charge in [0.05, 0.1) is 0 Å². The molecule has 1 heterocycles. The second-order valence-electron chi connectivity index (χ2n) is 3.56. The third kappa shape index (κ3) is 2.78. The lowest BCUT2D eigenvalue weighted by Gasteiger charge is -2.09. The molecule has 3 N–H and O–H groups in total. The van der Waals surface area contributed by atoms with Gasteiger partial charge in [0.25, 0.3) is 0 Å². The molecule has 0 fully saturated rings. The van der Waals surface area contributed by atoms with Crippen molar-refractivity contribution in [3.05, 3.63) is 53.7 Å². The van der Waals surface area contributed by atoms with Crippen LogP contribution in [0, 0.1) is 5.82 Å². The fourth-order valence-electron chi connectivity index (χ4n) is 1.47. The molecule has 0 atom stereocenters. The number of halogens is 1. The van der Waals surface area contributed by atoms with Crippen molar-refractivity contribution < 1.29 is 4.39 Å². The van der Waals surface area contributed by atoms with Crippen LogP contribution in [0.25, 0.3) is 0 Å². The lowest BCUT2D eigenvalue weighted by molar-refractivity contribution is 0.613. The zero-order chi connectivity index (χ0) is 13.0. The monoisotopic (exact) mass is 262 g/mol. The van der Waals surface area contributed by atoms with E-state index in [-0.39, 0.29) is 10.8 Å². The summed E-state index contributed by atoms with van der Waals surface area (Å²) in [6.07, 6.45) is 3.02. The number of rotatable bonds is 4. The highest BCUT2D eigenvalue weighted by Gasteiger charge is 2.08. The number of benzene rings is 1. The molecule has 2 rings (SSSR count). The summed E-state index contributed by atoms with van der Waals surface area (Å²) in [5.41, 5.74) is 6.47. The van der Waals surface area contributed by atoms with Gasteiger partial charge in [0.15, 0.2) is 5.82 Å². The van der Waals surface area contributed by atoms with E-state index in [1.165, 1.54) is 18.5 Å². The fourth-order valence-corrected chi connectivity index (χ4v) is 1.62. The molecule has 6 heteroatoms. The number of thiocarbonyl (C=S) groups is 1. The molecule has 0 saturated heterocycles. The van der Waals surface area contributed by atoms with E-state index in [0.29, 0.717) is 23.6 Å². The molecule has 0 aliphatic rings. The third-order valence-corrected chi connectivity index (χ3v) is 2.53. The second kappa shape index (κ2) is 5.50. The van der Waals surface area contributed by atoms with E-state index < -0.39 is 0 Å². The number of hydrogen-bond donors (Lipinski definition) is 2. The molecule has 92 valence electrons. The van der Waals surface area contributed by atoms with Crippen LogP contribution in [0.3, 0.4) is 0 Å². The van der Waals surface area contributed by atoms with Gasteiger partial charge in [-0.15, -0.1) is 0 Å². The lowest BCUT2D eigenvalue weighted by atomic mass is 10.2. The van der Waals surface area contributed by atoms with Crippen molar-refractivity contribution in [2.75, 3.05) is 5.32 Å². The van der Waals surface area contributed by atoms with Crippen molar-refractivity contribution in [1.29, 1.82) is 0 Å². The van der Waals surface area contributed by atoms with Crippen LogP contribution in [0.5, 0.6) is 0 Å². The Labute approximate surface area is 109 Å². The Morgan fingerprint density at radius 1 is 1.28 bits per heavy atom. The van der Waals surface area contributed by atoms with Gasteiger partial charge in [-0.25, -0.2) is 14.4 Å². The van der Waals surface area contributed by atoms with Crippen molar-refractivity contribution in [3.8, 4) is 0 Å². The van der Waals surface area contributed by atoms with Crippen molar-refractivity contribution >= 4 is 23.0 Å². The second-order valence-corrected chi connectivity index (χ2v) is 4.00. The summed E-state index contributed by atoms with van der Waals surface area (Å²) in [4.78, 5) is 8.26. The van der Waals surface area contributed by atoms with E-state index in [1.807, 2.05) is 0 Å². The van der Waals surface area contributed by atoms with Gasteiger partial charge in [-0.2, -0.15) is 0 Å². The van der Waals surface area contributed by atoms with Crippen LogP contribution in [0.15, 0.2) is 36.7 Å². The Bertz CT molecular complexity index is 574. The van der Waals surface area contributed by atoms with Gasteiger partial charge in [-0.3, -0.25) is 0 Å². The van der Waals surface area contributed by atoms with Crippen LogP contribution in [0.4, 0.5) is 10.2 Å². The highest BCUT2D eigenvalue weighted by Crippen LogP contribution is 2.12. The number of anilines is 1. The van der Waals surface area contributed by atoms with Crippen molar-refractivity contribution in [3.63, 3.8) is 0 Å². The minimum Gasteiger partial charge on any atom is -0.388 e. The van der Waals surface area contributed by atoms with Crippen LogP contribution in [0.2, 0.25) is 0 Å². The summed E-state index contributed by atoms with van der Waals surface area (Å²) in [5, 5.41) is 2.97. The van der Waals surface area contributed by atoms with E-state index in [4.69, 9.17) is 18.0 Å². The Hall–Kier alpha value is -2.08. The van der Waals surface area contributed by atoms with Crippen LogP contribution >= 0.6 is 12.2 Å². The first-order chi connectivity index (χ1) is 8.68. The summed E-state index contributed by atoms with van der Waals surface area (Å²) in [7, 11) is 0. The molecule has 0 radical (unpaired) electrons. The number of nitrogens with two attached hydrogens (primary N) is 1. The van der Waals surface area contributed by atoms with Gasteiger partial charge in [-0.05, 0) is 6.07 Å². The highest BCUT2D eigenvalue weighted by molar-refractivity contribution is 7.80. The van der Waals surface area contributed by atoms with E-state index in [1.54, 1.807) is 18.2 Å². The predicted octanol–water partition coefficient (Wildman–Crippen LogP) is 1.86. The summed E-state index contributed by atoms with van der Waals surface area (Å²) in [5.74, 6) is 0.180. The van der Waals surface area contributed by atoms with Gasteiger partial charge in [-0.1, -0.05) is 30.4 Å². The summed E-state index contributed by atoms with van der Waals surface area (Å²) in [6, 6.07) is 6.51. The van der Waals surface area contributed by atoms with Crippen molar-refractivity contribution in [2.24, 2.45) is 5.73 Å². The molecule has 1 aromatic heterocycles. The topological polar surface area (TPSA) is 63.8 Å². The molecular formula is C12H11FN4S. The minimum atomic E-state index is -0.272. The average Bonchev–Trinajstić information content (AvgIpc) is 2.38. The first-order valence-electron chi connectivity index (χ1n) is 5.26.